The summed E-state index contributed by atoms with van der Waals surface area (Å²) in [5.74, 6) is 0. The maximum absolute atomic E-state index is 13.0. The van der Waals surface area contributed by atoms with Crippen molar-refractivity contribution >= 4 is 11.7 Å². The minimum atomic E-state index is -0.0209. The molecule has 1 aliphatic heterocycles. The third-order valence-electron chi connectivity index (χ3n) is 5.27. The number of hydrogen-bond acceptors (Lipinski definition) is 3. The third-order valence-corrected chi connectivity index (χ3v) is 5.27. The second-order valence-corrected chi connectivity index (χ2v) is 7.18. The maximum atomic E-state index is 13.0. The highest BCUT2D eigenvalue weighted by Gasteiger charge is 2.26. The fourth-order valence-electron chi connectivity index (χ4n) is 3.80. The molecule has 28 heavy (non-hydrogen) atoms. The summed E-state index contributed by atoms with van der Waals surface area (Å²) >= 11 is 0. The van der Waals surface area contributed by atoms with Gasteiger partial charge in [-0.25, -0.2) is 4.79 Å². The zero-order valence-electron chi connectivity index (χ0n) is 15.8. The number of amides is 2. The number of hydrogen-bond donors (Lipinski definition) is 2. The molecule has 1 unspecified atom stereocenters. The van der Waals surface area contributed by atoms with Crippen LogP contribution in [-0.4, -0.2) is 38.7 Å². The number of anilines is 1. The molecule has 1 atom stereocenters. The second kappa shape index (κ2) is 8.69. The lowest BCUT2D eigenvalue weighted by Crippen LogP contribution is -2.46. The van der Waals surface area contributed by atoms with E-state index in [1.54, 1.807) is 6.20 Å². The Bertz CT molecular complexity index is 894. The van der Waals surface area contributed by atoms with Crippen molar-refractivity contribution in [2.45, 2.75) is 38.1 Å². The number of urea groups is 1. The van der Waals surface area contributed by atoms with E-state index in [2.05, 4.69) is 20.5 Å². The highest BCUT2D eigenvalue weighted by atomic mass is 16.2. The number of pyridine rings is 1. The van der Waals surface area contributed by atoms with Crippen molar-refractivity contribution < 1.29 is 4.79 Å². The van der Waals surface area contributed by atoms with Gasteiger partial charge in [-0.15, -0.1) is 0 Å². The molecule has 1 aliphatic rings. The quantitative estimate of drug-likeness (QED) is 0.690. The zero-order chi connectivity index (χ0) is 19.2. The SMILES string of the molecule is O=C(Nc1cccc(-c2ccn[nH]2)c1)N1CCCCC1CCc1ccccn1. The van der Waals surface area contributed by atoms with Crippen LogP contribution < -0.4 is 5.32 Å². The van der Waals surface area contributed by atoms with Crippen LogP contribution in [0.2, 0.25) is 0 Å². The molecular weight excluding hydrogens is 350 g/mol. The molecule has 2 aromatic heterocycles. The molecule has 144 valence electrons. The van der Waals surface area contributed by atoms with Crippen molar-refractivity contribution in [1.29, 1.82) is 0 Å². The predicted octanol–water partition coefficient (Wildman–Crippen LogP) is 4.49. The highest BCUT2D eigenvalue weighted by Crippen LogP contribution is 2.24. The van der Waals surface area contributed by atoms with Gasteiger partial charge >= 0.3 is 6.03 Å². The van der Waals surface area contributed by atoms with Crippen LogP contribution >= 0.6 is 0 Å². The van der Waals surface area contributed by atoms with Gasteiger partial charge in [0.15, 0.2) is 0 Å². The minimum absolute atomic E-state index is 0.0209. The van der Waals surface area contributed by atoms with Gasteiger partial charge < -0.3 is 10.2 Å². The normalized spacial score (nSPS) is 16.7. The van der Waals surface area contributed by atoms with Gasteiger partial charge in [0.1, 0.15) is 0 Å². The Balaban J connectivity index is 1.41. The summed E-state index contributed by atoms with van der Waals surface area (Å²) in [5.41, 5.74) is 3.81. The predicted molar refractivity (Wildman–Crippen MR) is 110 cm³/mol. The number of nitrogens with one attached hydrogen (secondary N) is 2. The second-order valence-electron chi connectivity index (χ2n) is 7.18. The standard InChI is InChI=1S/C22H25N5O/c28-22(25-19-8-5-6-17(16-19)21-12-14-24-26-21)27-15-4-2-9-20(27)11-10-18-7-1-3-13-23-18/h1,3,5-8,12-14,16,20H,2,4,9-11,15H2,(H,24,26)(H,25,28). The fourth-order valence-corrected chi connectivity index (χ4v) is 3.80. The lowest BCUT2D eigenvalue weighted by molar-refractivity contribution is 0.158. The summed E-state index contributed by atoms with van der Waals surface area (Å²) in [6, 6.07) is 16.0. The van der Waals surface area contributed by atoms with Crippen LogP contribution in [0, 0.1) is 0 Å². The van der Waals surface area contributed by atoms with Gasteiger partial charge in [-0.1, -0.05) is 18.2 Å². The lowest BCUT2D eigenvalue weighted by atomic mass is 9.97. The van der Waals surface area contributed by atoms with E-state index in [4.69, 9.17) is 0 Å². The van der Waals surface area contributed by atoms with Crippen molar-refractivity contribution in [3.05, 3.63) is 66.6 Å². The van der Waals surface area contributed by atoms with Crippen molar-refractivity contribution in [3.8, 4) is 11.3 Å². The van der Waals surface area contributed by atoms with Crippen LogP contribution in [0.25, 0.3) is 11.3 Å². The number of likely N-dealkylation sites (tertiary alicyclic amines) is 1. The van der Waals surface area contributed by atoms with Gasteiger partial charge in [0.2, 0.25) is 0 Å². The maximum Gasteiger partial charge on any atom is 0.322 e. The molecule has 3 aromatic rings. The molecule has 0 saturated carbocycles. The molecule has 1 saturated heterocycles. The number of rotatable bonds is 5. The van der Waals surface area contributed by atoms with Crippen LogP contribution in [0.3, 0.4) is 0 Å². The number of nitrogens with zero attached hydrogens (tertiary/aromatic N) is 3. The van der Waals surface area contributed by atoms with E-state index in [1.807, 2.05) is 59.6 Å². The van der Waals surface area contributed by atoms with Crippen molar-refractivity contribution in [2.24, 2.45) is 0 Å². The van der Waals surface area contributed by atoms with Crippen molar-refractivity contribution in [2.75, 3.05) is 11.9 Å². The molecule has 6 nitrogen and oxygen atoms in total. The molecule has 0 aliphatic carbocycles. The number of aryl methyl sites for hydroxylation is 1. The Labute approximate surface area is 165 Å². The zero-order valence-corrected chi connectivity index (χ0v) is 15.8. The molecule has 4 rings (SSSR count). The van der Waals surface area contributed by atoms with E-state index < -0.39 is 0 Å². The van der Waals surface area contributed by atoms with Crippen LogP contribution in [-0.2, 0) is 6.42 Å². The van der Waals surface area contributed by atoms with E-state index in [1.165, 1.54) is 6.42 Å². The summed E-state index contributed by atoms with van der Waals surface area (Å²) in [4.78, 5) is 19.4. The number of benzene rings is 1. The Hall–Kier alpha value is -3.15. The Morgan fingerprint density at radius 3 is 2.93 bits per heavy atom. The van der Waals surface area contributed by atoms with Crippen molar-refractivity contribution in [3.63, 3.8) is 0 Å². The van der Waals surface area contributed by atoms with E-state index in [0.717, 1.165) is 54.9 Å². The van der Waals surface area contributed by atoms with Crippen LogP contribution in [0.15, 0.2) is 60.9 Å². The fraction of sp³-hybridized carbons (Fsp3) is 0.318. The number of carbonyl (C=O) groups is 1. The van der Waals surface area contributed by atoms with Crippen molar-refractivity contribution in [1.82, 2.24) is 20.1 Å². The summed E-state index contributed by atoms with van der Waals surface area (Å²) < 4.78 is 0. The molecule has 1 aromatic carbocycles. The molecule has 1 fully saturated rings. The molecule has 6 heteroatoms. The monoisotopic (exact) mass is 375 g/mol. The molecule has 2 amide bonds. The van der Waals surface area contributed by atoms with Gasteiger partial charge in [0, 0.05) is 41.9 Å². The highest BCUT2D eigenvalue weighted by molar-refractivity contribution is 5.90. The number of aromatic nitrogens is 3. The van der Waals surface area contributed by atoms with Gasteiger partial charge in [-0.3, -0.25) is 10.1 Å². The molecule has 0 radical (unpaired) electrons. The molecular formula is C22H25N5O. The molecule has 3 heterocycles. The Morgan fingerprint density at radius 1 is 1.14 bits per heavy atom. The van der Waals surface area contributed by atoms with E-state index >= 15 is 0 Å². The summed E-state index contributed by atoms with van der Waals surface area (Å²) in [6.07, 6.45) is 8.67. The summed E-state index contributed by atoms with van der Waals surface area (Å²) in [7, 11) is 0. The number of piperidine rings is 1. The average Bonchev–Trinajstić information content (AvgIpc) is 3.28. The van der Waals surface area contributed by atoms with Gasteiger partial charge in [-0.05, 0) is 62.4 Å². The molecule has 0 spiro atoms. The largest absolute Gasteiger partial charge is 0.322 e. The van der Waals surface area contributed by atoms with Gasteiger partial charge in [0.05, 0.1) is 5.69 Å². The first-order valence-corrected chi connectivity index (χ1v) is 9.87. The number of aromatic amines is 1. The first-order valence-electron chi connectivity index (χ1n) is 9.87. The molecule has 0 bridgehead atoms. The van der Waals surface area contributed by atoms with Crippen LogP contribution in [0.4, 0.5) is 10.5 Å². The summed E-state index contributed by atoms with van der Waals surface area (Å²) in [6.45, 7) is 0.805. The first-order chi connectivity index (χ1) is 13.8. The van der Waals surface area contributed by atoms with E-state index in [9.17, 15) is 4.79 Å². The smallest absolute Gasteiger partial charge is 0.322 e. The van der Waals surface area contributed by atoms with E-state index in [0.29, 0.717) is 0 Å². The third kappa shape index (κ3) is 4.39. The van der Waals surface area contributed by atoms with Crippen LogP contribution in [0.1, 0.15) is 31.4 Å². The first kappa shape index (κ1) is 18.2. The topological polar surface area (TPSA) is 73.9 Å². The average molecular weight is 375 g/mol. The molecule has 2 N–H and O–H groups in total. The number of carbonyl (C=O) groups excluding carboxylic acids is 1. The number of H-pyrrole nitrogens is 1. The summed E-state index contributed by atoms with van der Waals surface area (Å²) in [5, 5.41) is 10.0. The Morgan fingerprint density at radius 2 is 2.11 bits per heavy atom. The van der Waals surface area contributed by atoms with E-state index in [-0.39, 0.29) is 12.1 Å². The van der Waals surface area contributed by atoms with Gasteiger partial charge in [0.25, 0.3) is 0 Å². The van der Waals surface area contributed by atoms with Gasteiger partial charge in [-0.2, -0.15) is 5.10 Å². The Kier molecular flexibility index (Phi) is 5.66. The minimum Gasteiger partial charge on any atom is -0.322 e. The lowest BCUT2D eigenvalue weighted by Gasteiger charge is -2.35. The van der Waals surface area contributed by atoms with Crippen LogP contribution in [0.5, 0.6) is 0 Å².